The lowest BCUT2D eigenvalue weighted by molar-refractivity contribution is -0.134. The molecule has 3 nitrogen and oxygen atoms in total. The molecule has 1 aliphatic heterocycles. The van der Waals surface area contributed by atoms with Crippen molar-refractivity contribution in [3.05, 3.63) is 0 Å². The van der Waals surface area contributed by atoms with E-state index in [1.165, 1.54) is 0 Å². The van der Waals surface area contributed by atoms with Crippen LogP contribution in [0.25, 0.3) is 0 Å². The third-order valence-electron chi connectivity index (χ3n) is 3.31. The fourth-order valence-corrected chi connectivity index (χ4v) is 2.23. The molecule has 2 atom stereocenters. The Balaban J connectivity index is 1.94. The van der Waals surface area contributed by atoms with Crippen LogP contribution in [0.3, 0.4) is 0 Å². The SMILES string of the molecule is CC1CC1C(=O)N1CCNC(C)(C)C1. The molecule has 0 bridgehead atoms. The van der Waals surface area contributed by atoms with Gasteiger partial charge in [0.2, 0.25) is 5.91 Å². The first-order valence-corrected chi connectivity index (χ1v) is 5.53. The average molecular weight is 196 g/mol. The van der Waals surface area contributed by atoms with Crippen molar-refractivity contribution in [2.75, 3.05) is 19.6 Å². The predicted octanol–water partition coefficient (Wildman–Crippen LogP) is 0.853. The van der Waals surface area contributed by atoms with Crippen LogP contribution in [0.2, 0.25) is 0 Å². The van der Waals surface area contributed by atoms with E-state index in [4.69, 9.17) is 0 Å². The Labute approximate surface area is 85.8 Å². The third-order valence-corrected chi connectivity index (χ3v) is 3.31. The van der Waals surface area contributed by atoms with Gasteiger partial charge in [-0.1, -0.05) is 6.92 Å². The van der Waals surface area contributed by atoms with Crippen molar-refractivity contribution < 1.29 is 4.79 Å². The Kier molecular flexibility index (Phi) is 2.30. The highest BCUT2D eigenvalue weighted by Crippen LogP contribution is 2.39. The molecule has 14 heavy (non-hydrogen) atoms. The topological polar surface area (TPSA) is 32.3 Å². The number of rotatable bonds is 1. The molecule has 2 aliphatic rings. The van der Waals surface area contributed by atoms with Crippen molar-refractivity contribution in [3.8, 4) is 0 Å². The van der Waals surface area contributed by atoms with Crippen LogP contribution in [0.15, 0.2) is 0 Å². The highest BCUT2D eigenvalue weighted by Gasteiger charge is 2.43. The van der Waals surface area contributed by atoms with Gasteiger partial charge in [0, 0.05) is 31.1 Å². The van der Waals surface area contributed by atoms with E-state index in [2.05, 4.69) is 26.1 Å². The number of nitrogens with one attached hydrogen (secondary N) is 1. The molecule has 1 saturated heterocycles. The van der Waals surface area contributed by atoms with Gasteiger partial charge in [0.1, 0.15) is 0 Å². The monoisotopic (exact) mass is 196 g/mol. The van der Waals surface area contributed by atoms with Crippen molar-refractivity contribution in [1.82, 2.24) is 10.2 Å². The fourth-order valence-electron chi connectivity index (χ4n) is 2.23. The van der Waals surface area contributed by atoms with Gasteiger partial charge in [-0.05, 0) is 26.2 Å². The Hall–Kier alpha value is -0.570. The Bertz CT molecular complexity index is 250. The Morgan fingerprint density at radius 2 is 2.14 bits per heavy atom. The molecule has 0 radical (unpaired) electrons. The van der Waals surface area contributed by atoms with Crippen LogP contribution in [0.4, 0.5) is 0 Å². The van der Waals surface area contributed by atoms with Gasteiger partial charge in [-0.3, -0.25) is 4.79 Å². The average Bonchev–Trinajstić information content (AvgIpc) is 2.79. The zero-order valence-electron chi connectivity index (χ0n) is 9.34. The van der Waals surface area contributed by atoms with Crippen LogP contribution < -0.4 is 5.32 Å². The van der Waals surface area contributed by atoms with E-state index < -0.39 is 0 Å². The molecule has 1 amide bonds. The van der Waals surface area contributed by atoms with E-state index in [1.54, 1.807) is 0 Å². The van der Waals surface area contributed by atoms with Crippen molar-refractivity contribution in [2.24, 2.45) is 11.8 Å². The van der Waals surface area contributed by atoms with Gasteiger partial charge in [0.25, 0.3) is 0 Å². The molecule has 3 heteroatoms. The maximum absolute atomic E-state index is 12.0. The molecular formula is C11H20N2O. The van der Waals surface area contributed by atoms with Crippen LogP contribution >= 0.6 is 0 Å². The number of hydrogen-bond donors (Lipinski definition) is 1. The van der Waals surface area contributed by atoms with Crippen molar-refractivity contribution >= 4 is 5.91 Å². The van der Waals surface area contributed by atoms with Crippen LogP contribution in [-0.4, -0.2) is 36.0 Å². The van der Waals surface area contributed by atoms with Gasteiger partial charge in [-0.25, -0.2) is 0 Å². The second-order valence-electron chi connectivity index (χ2n) is 5.39. The molecule has 2 rings (SSSR count). The van der Waals surface area contributed by atoms with Crippen LogP contribution in [0.5, 0.6) is 0 Å². The molecule has 2 unspecified atom stereocenters. The van der Waals surface area contributed by atoms with E-state index in [9.17, 15) is 4.79 Å². The summed E-state index contributed by atoms with van der Waals surface area (Å²) >= 11 is 0. The third kappa shape index (κ3) is 1.92. The number of nitrogens with zero attached hydrogens (tertiary/aromatic N) is 1. The summed E-state index contributed by atoms with van der Waals surface area (Å²) in [5.41, 5.74) is 0.0893. The van der Waals surface area contributed by atoms with Crippen molar-refractivity contribution in [2.45, 2.75) is 32.7 Å². The molecule has 1 aliphatic carbocycles. The normalized spacial score (nSPS) is 35.5. The minimum atomic E-state index is 0.0893. The minimum Gasteiger partial charge on any atom is -0.339 e. The first-order chi connectivity index (χ1) is 6.49. The molecule has 1 heterocycles. The number of amides is 1. The number of carbonyl (C=O) groups is 1. The summed E-state index contributed by atoms with van der Waals surface area (Å²) in [4.78, 5) is 14.0. The van der Waals surface area contributed by atoms with Gasteiger partial charge in [-0.2, -0.15) is 0 Å². The first-order valence-electron chi connectivity index (χ1n) is 5.53. The quantitative estimate of drug-likeness (QED) is 0.674. The molecule has 2 fully saturated rings. The number of hydrogen-bond acceptors (Lipinski definition) is 2. The molecule has 1 N–H and O–H groups in total. The minimum absolute atomic E-state index is 0.0893. The summed E-state index contributed by atoms with van der Waals surface area (Å²) in [5, 5.41) is 3.42. The lowest BCUT2D eigenvalue weighted by Crippen LogP contribution is -2.58. The molecule has 80 valence electrons. The first kappa shape index (κ1) is 9.97. The lowest BCUT2D eigenvalue weighted by atomic mass is 10.0. The highest BCUT2D eigenvalue weighted by molar-refractivity contribution is 5.81. The molecule has 0 aromatic carbocycles. The number of piperazine rings is 1. The summed E-state index contributed by atoms with van der Waals surface area (Å²) in [6.45, 7) is 9.14. The summed E-state index contributed by atoms with van der Waals surface area (Å²) in [6, 6.07) is 0. The second kappa shape index (κ2) is 3.23. The maximum atomic E-state index is 12.0. The van der Waals surface area contributed by atoms with Crippen LogP contribution in [0.1, 0.15) is 27.2 Å². The van der Waals surface area contributed by atoms with Gasteiger partial charge in [0.15, 0.2) is 0 Å². The van der Waals surface area contributed by atoms with Gasteiger partial charge in [-0.15, -0.1) is 0 Å². The number of carbonyl (C=O) groups excluding carboxylic acids is 1. The van der Waals surface area contributed by atoms with Crippen molar-refractivity contribution in [3.63, 3.8) is 0 Å². The lowest BCUT2D eigenvalue weighted by Gasteiger charge is -2.39. The van der Waals surface area contributed by atoms with E-state index in [1.807, 2.05) is 4.90 Å². The molecular weight excluding hydrogens is 176 g/mol. The highest BCUT2D eigenvalue weighted by atomic mass is 16.2. The van der Waals surface area contributed by atoms with Gasteiger partial charge in [0.05, 0.1) is 0 Å². The Morgan fingerprint density at radius 1 is 1.50 bits per heavy atom. The van der Waals surface area contributed by atoms with E-state index in [-0.39, 0.29) is 5.54 Å². The fraction of sp³-hybridized carbons (Fsp3) is 0.909. The maximum Gasteiger partial charge on any atom is 0.226 e. The van der Waals surface area contributed by atoms with Gasteiger partial charge >= 0.3 is 0 Å². The van der Waals surface area contributed by atoms with Gasteiger partial charge < -0.3 is 10.2 Å². The summed E-state index contributed by atoms with van der Waals surface area (Å²) in [6.07, 6.45) is 1.10. The standard InChI is InChI=1S/C11H20N2O/c1-8-6-9(8)10(14)13-5-4-12-11(2,3)7-13/h8-9,12H,4-7H2,1-3H3. The summed E-state index contributed by atoms with van der Waals surface area (Å²) in [7, 11) is 0. The molecule has 0 aromatic rings. The molecule has 1 saturated carbocycles. The van der Waals surface area contributed by atoms with E-state index >= 15 is 0 Å². The van der Waals surface area contributed by atoms with Crippen LogP contribution in [0, 0.1) is 11.8 Å². The Morgan fingerprint density at radius 3 is 2.64 bits per heavy atom. The second-order valence-corrected chi connectivity index (χ2v) is 5.39. The smallest absolute Gasteiger partial charge is 0.226 e. The molecule has 0 aromatic heterocycles. The van der Waals surface area contributed by atoms with Crippen molar-refractivity contribution in [1.29, 1.82) is 0 Å². The summed E-state index contributed by atoms with van der Waals surface area (Å²) in [5.74, 6) is 1.34. The predicted molar refractivity (Wildman–Crippen MR) is 55.9 cm³/mol. The zero-order chi connectivity index (χ0) is 10.3. The van der Waals surface area contributed by atoms with E-state index in [0.717, 1.165) is 26.1 Å². The summed E-state index contributed by atoms with van der Waals surface area (Å²) < 4.78 is 0. The van der Waals surface area contributed by atoms with E-state index in [0.29, 0.717) is 17.7 Å². The zero-order valence-corrected chi connectivity index (χ0v) is 9.34. The largest absolute Gasteiger partial charge is 0.339 e. The molecule has 0 spiro atoms. The van der Waals surface area contributed by atoms with Crippen LogP contribution in [-0.2, 0) is 4.79 Å².